The predicted octanol–water partition coefficient (Wildman–Crippen LogP) is 1.29. The van der Waals surface area contributed by atoms with E-state index in [1.807, 2.05) is 0 Å². The number of alkyl halides is 3. The van der Waals surface area contributed by atoms with Crippen LogP contribution in [0.25, 0.3) is 0 Å². The van der Waals surface area contributed by atoms with E-state index in [1.165, 1.54) is 6.07 Å². The Morgan fingerprint density at radius 2 is 2.14 bits per heavy atom. The molecule has 1 heterocycles. The molecular formula is C8H7F3N2O. The van der Waals surface area contributed by atoms with E-state index in [0.717, 1.165) is 12.3 Å². The maximum Gasteiger partial charge on any atom is 0.393 e. The molecule has 1 rings (SSSR count). The fraction of sp³-hybridized carbons (Fsp3) is 0.250. The molecule has 0 aliphatic carbocycles. The van der Waals surface area contributed by atoms with Crippen LogP contribution < -0.4 is 5.73 Å². The van der Waals surface area contributed by atoms with E-state index in [-0.39, 0.29) is 11.3 Å². The van der Waals surface area contributed by atoms with E-state index in [9.17, 15) is 18.0 Å². The number of aromatic nitrogens is 1. The third-order valence-electron chi connectivity index (χ3n) is 1.48. The van der Waals surface area contributed by atoms with E-state index in [0.29, 0.717) is 0 Å². The maximum absolute atomic E-state index is 11.9. The van der Waals surface area contributed by atoms with Crippen LogP contribution in [0.3, 0.4) is 0 Å². The lowest BCUT2D eigenvalue weighted by atomic mass is 10.1. The Hall–Kier alpha value is -1.59. The standard InChI is InChI=1S/C8H7F3N2O/c9-8(10,11)4-5-1-2-13-6(3-5)7(12)14/h1-3H,4H2,(H2,12,14). The third-order valence-corrected chi connectivity index (χ3v) is 1.48. The van der Waals surface area contributed by atoms with Gasteiger partial charge in [-0.25, -0.2) is 0 Å². The van der Waals surface area contributed by atoms with Crippen LogP contribution in [0.2, 0.25) is 0 Å². The molecule has 0 saturated heterocycles. The normalized spacial score (nSPS) is 11.4. The molecule has 0 fully saturated rings. The Morgan fingerprint density at radius 3 is 2.64 bits per heavy atom. The monoisotopic (exact) mass is 204 g/mol. The van der Waals surface area contributed by atoms with Gasteiger partial charge in [0.25, 0.3) is 5.91 Å². The van der Waals surface area contributed by atoms with E-state index < -0.39 is 18.5 Å². The molecule has 0 bridgehead atoms. The molecule has 2 N–H and O–H groups in total. The van der Waals surface area contributed by atoms with Gasteiger partial charge in [0.05, 0.1) is 6.42 Å². The second-order valence-corrected chi connectivity index (χ2v) is 2.71. The van der Waals surface area contributed by atoms with E-state index in [2.05, 4.69) is 4.98 Å². The van der Waals surface area contributed by atoms with Gasteiger partial charge >= 0.3 is 6.18 Å². The smallest absolute Gasteiger partial charge is 0.364 e. The molecule has 76 valence electrons. The molecule has 0 aliphatic rings. The summed E-state index contributed by atoms with van der Waals surface area (Å²) < 4.78 is 35.8. The quantitative estimate of drug-likeness (QED) is 0.788. The highest BCUT2D eigenvalue weighted by Crippen LogP contribution is 2.20. The van der Waals surface area contributed by atoms with Gasteiger partial charge in [0.2, 0.25) is 0 Å². The first-order valence-corrected chi connectivity index (χ1v) is 3.70. The van der Waals surface area contributed by atoms with Crippen molar-refractivity contribution in [3.8, 4) is 0 Å². The number of primary amides is 1. The van der Waals surface area contributed by atoms with Crippen LogP contribution in [-0.4, -0.2) is 17.1 Å². The van der Waals surface area contributed by atoms with Crippen LogP contribution in [0.15, 0.2) is 18.3 Å². The van der Waals surface area contributed by atoms with Crippen LogP contribution in [-0.2, 0) is 6.42 Å². The largest absolute Gasteiger partial charge is 0.393 e. The van der Waals surface area contributed by atoms with Crippen molar-refractivity contribution in [1.82, 2.24) is 4.98 Å². The number of hydrogen-bond acceptors (Lipinski definition) is 2. The molecule has 1 amide bonds. The highest BCUT2D eigenvalue weighted by Gasteiger charge is 2.27. The number of carbonyl (C=O) groups is 1. The average Bonchev–Trinajstić information content (AvgIpc) is 2.01. The number of amides is 1. The Labute approximate surface area is 77.7 Å². The predicted molar refractivity (Wildman–Crippen MR) is 42.5 cm³/mol. The van der Waals surface area contributed by atoms with Gasteiger partial charge in [-0.15, -0.1) is 0 Å². The lowest BCUT2D eigenvalue weighted by Crippen LogP contribution is -2.15. The van der Waals surface area contributed by atoms with Gasteiger partial charge in [-0.2, -0.15) is 13.2 Å². The number of pyridine rings is 1. The van der Waals surface area contributed by atoms with Crippen LogP contribution in [0.1, 0.15) is 16.1 Å². The van der Waals surface area contributed by atoms with Gasteiger partial charge in [-0.1, -0.05) is 0 Å². The summed E-state index contributed by atoms with van der Waals surface area (Å²) in [7, 11) is 0. The Bertz CT molecular complexity index is 349. The molecule has 3 nitrogen and oxygen atoms in total. The number of carbonyl (C=O) groups excluding carboxylic acids is 1. The highest BCUT2D eigenvalue weighted by atomic mass is 19.4. The van der Waals surface area contributed by atoms with Crippen LogP contribution in [0.5, 0.6) is 0 Å². The summed E-state index contributed by atoms with van der Waals surface area (Å²) in [6.45, 7) is 0. The SMILES string of the molecule is NC(=O)c1cc(CC(F)(F)F)ccn1. The minimum absolute atomic E-state index is 0.0266. The molecule has 0 atom stereocenters. The number of hydrogen-bond donors (Lipinski definition) is 1. The number of nitrogens with zero attached hydrogens (tertiary/aromatic N) is 1. The summed E-state index contributed by atoms with van der Waals surface area (Å²) >= 11 is 0. The summed E-state index contributed by atoms with van der Waals surface area (Å²) in [5, 5.41) is 0. The molecule has 0 spiro atoms. The number of nitrogens with two attached hydrogens (primary N) is 1. The van der Waals surface area contributed by atoms with Gasteiger partial charge in [-0.3, -0.25) is 9.78 Å². The Balaban J connectivity index is 2.89. The molecule has 0 saturated carbocycles. The topological polar surface area (TPSA) is 56.0 Å². The van der Waals surface area contributed by atoms with Gasteiger partial charge in [0, 0.05) is 6.20 Å². The van der Waals surface area contributed by atoms with Crippen molar-refractivity contribution in [3.05, 3.63) is 29.6 Å². The average molecular weight is 204 g/mol. The number of halogens is 3. The van der Waals surface area contributed by atoms with E-state index in [4.69, 9.17) is 5.73 Å². The summed E-state index contributed by atoms with van der Waals surface area (Å²) in [6, 6.07) is 2.23. The van der Waals surface area contributed by atoms with Crippen LogP contribution in [0, 0.1) is 0 Å². The van der Waals surface area contributed by atoms with Crippen molar-refractivity contribution in [2.75, 3.05) is 0 Å². The fourth-order valence-corrected chi connectivity index (χ4v) is 0.950. The third kappa shape index (κ3) is 3.04. The van der Waals surface area contributed by atoms with Crippen molar-refractivity contribution in [1.29, 1.82) is 0 Å². The molecule has 1 aromatic heterocycles. The zero-order chi connectivity index (χ0) is 10.8. The summed E-state index contributed by atoms with van der Waals surface area (Å²) in [5.74, 6) is -0.839. The van der Waals surface area contributed by atoms with Crippen molar-refractivity contribution in [2.24, 2.45) is 5.73 Å². The molecule has 0 radical (unpaired) electrons. The fourth-order valence-electron chi connectivity index (χ4n) is 0.950. The minimum Gasteiger partial charge on any atom is -0.364 e. The molecule has 14 heavy (non-hydrogen) atoms. The van der Waals surface area contributed by atoms with E-state index >= 15 is 0 Å². The molecule has 6 heteroatoms. The first-order valence-electron chi connectivity index (χ1n) is 3.70. The van der Waals surface area contributed by atoms with Crippen molar-refractivity contribution >= 4 is 5.91 Å². The Kier molecular flexibility index (Phi) is 2.73. The zero-order valence-electron chi connectivity index (χ0n) is 7.01. The van der Waals surface area contributed by atoms with Gasteiger partial charge in [0.1, 0.15) is 5.69 Å². The molecular weight excluding hydrogens is 197 g/mol. The first-order chi connectivity index (χ1) is 6.38. The lowest BCUT2D eigenvalue weighted by Gasteiger charge is -2.06. The van der Waals surface area contributed by atoms with Gasteiger partial charge in [0.15, 0.2) is 0 Å². The van der Waals surface area contributed by atoms with Gasteiger partial charge < -0.3 is 5.73 Å². The molecule has 0 aliphatic heterocycles. The summed E-state index contributed by atoms with van der Waals surface area (Å²) in [4.78, 5) is 14.1. The van der Waals surface area contributed by atoms with Crippen LogP contribution >= 0.6 is 0 Å². The second-order valence-electron chi connectivity index (χ2n) is 2.71. The molecule has 1 aromatic rings. The minimum atomic E-state index is -4.30. The van der Waals surface area contributed by atoms with Crippen molar-refractivity contribution in [2.45, 2.75) is 12.6 Å². The first kappa shape index (κ1) is 10.5. The van der Waals surface area contributed by atoms with Crippen LogP contribution in [0.4, 0.5) is 13.2 Å². The number of rotatable bonds is 2. The second kappa shape index (κ2) is 3.65. The van der Waals surface area contributed by atoms with E-state index in [1.54, 1.807) is 0 Å². The van der Waals surface area contributed by atoms with Gasteiger partial charge in [-0.05, 0) is 17.7 Å². The lowest BCUT2D eigenvalue weighted by molar-refractivity contribution is -0.127. The van der Waals surface area contributed by atoms with Crippen molar-refractivity contribution < 1.29 is 18.0 Å². The summed E-state index contributed by atoms with van der Waals surface area (Å²) in [6.07, 6.45) is -4.26. The summed E-state index contributed by atoms with van der Waals surface area (Å²) in [5.41, 5.74) is 4.68. The molecule has 0 aromatic carbocycles. The highest BCUT2D eigenvalue weighted by molar-refractivity contribution is 5.90. The maximum atomic E-state index is 11.9. The van der Waals surface area contributed by atoms with Crippen molar-refractivity contribution in [3.63, 3.8) is 0 Å². The molecule has 0 unspecified atom stereocenters. The Morgan fingerprint density at radius 1 is 1.50 bits per heavy atom. The zero-order valence-corrected chi connectivity index (χ0v) is 7.01.